The fourth-order valence-corrected chi connectivity index (χ4v) is 1.89. The fraction of sp³-hybridized carbons (Fsp3) is 0.273. The second kappa shape index (κ2) is 4.12. The van der Waals surface area contributed by atoms with Crippen LogP contribution in [-0.4, -0.2) is 35.0 Å². The number of rotatable bonds is 2. The Morgan fingerprint density at radius 2 is 2.00 bits per heavy atom. The number of hydrogen-bond acceptors (Lipinski definition) is 2. The predicted molar refractivity (Wildman–Crippen MR) is 53.6 cm³/mol. The molecule has 17 heavy (non-hydrogen) atoms. The Morgan fingerprint density at radius 3 is 2.65 bits per heavy atom. The van der Waals surface area contributed by atoms with Crippen LogP contribution in [0.1, 0.15) is 15.9 Å². The second-order valence-corrected chi connectivity index (χ2v) is 3.75. The lowest BCUT2D eigenvalue weighted by atomic mass is 9.98. The van der Waals surface area contributed by atoms with Crippen molar-refractivity contribution in [2.75, 3.05) is 13.1 Å². The number of benzene rings is 1. The summed E-state index contributed by atoms with van der Waals surface area (Å²) >= 11 is 0. The van der Waals surface area contributed by atoms with Gasteiger partial charge in [-0.2, -0.15) is 0 Å². The van der Waals surface area contributed by atoms with Crippen molar-refractivity contribution < 1.29 is 23.5 Å². The molecule has 0 atom stereocenters. The van der Waals surface area contributed by atoms with Crippen LogP contribution >= 0.6 is 0 Å². The zero-order chi connectivity index (χ0) is 12.6. The van der Waals surface area contributed by atoms with Gasteiger partial charge in [0.2, 0.25) is 0 Å². The van der Waals surface area contributed by atoms with Crippen molar-refractivity contribution in [2.24, 2.45) is 0 Å². The van der Waals surface area contributed by atoms with E-state index in [0.29, 0.717) is 0 Å². The monoisotopic (exact) mass is 241 g/mol. The van der Waals surface area contributed by atoms with E-state index in [-0.39, 0.29) is 24.1 Å². The highest BCUT2D eigenvalue weighted by Gasteiger charge is 2.30. The first kappa shape index (κ1) is 11.5. The average molecular weight is 241 g/mol. The molecule has 6 heteroatoms. The Bertz CT molecular complexity index is 502. The normalized spacial score (nSPS) is 14.7. The smallest absolute Gasteiger partial charge is 0.323 e. The van der Waals surface area contributed by atoms with Gasteiger partial charge < -0.3 is 10.0 Å². The molecule has 1 heterocycles. The molecule has 1 aromatic carbocycles. The highest BCUT2D eigenvalue weighted by Crippen LogP contribution is 2.24. The summed E-state index contributed by atoms with van der Waals surface area (Å²) in [4.78, 5) is 23.3. The number of fused-ring (bicyclic) bond motifs is 1. The molecule has 0 saturated heterocycles. The van der Waals surface area contributed by atoms with Gasteiger partial charge in [-0.15, -0.1) is 0 Å². The van der Waals surface area contributed by atoms with Gasteiger partial charge in [0.15, 0.2) is 0 Å². The highest BCUT2D eigenvalue weighted by molar-refractivity contribution is 5.98. The largest absolute Gasteiger partial charge is 0.480 e. The van der Waals surface area contributed by atoms with E-state index in [9.17, 15) is 18.4 Å². The molecule has 1 N–H and O–H groups in total. The van der Waals surface area contributed by atoms with Crippen LogP contribution in [0.2, 0.25) is 0 Å². The van der Waals surface area contributed by atoms with Gasteiger partial charge in [-0.3, -0.25) is 9.59 Å². The van der Waals surface area contributed by atoms with Gasteiger partial charge in [0.25, 0.3) is 5.91 Å². The van der Waals surface area contributed by atoms with Crippen LogP contribution in [-0.2, 0) is 11.2 Å². The van der Waals surface area contributed by atoms with Crippen LogP contribution in [0, 0.1) is 11.6 Å². The zero-order valence-corrected chi connectivity index (χ0v) is 8.74. The lowest BCUT2D eigenvalue weighted by molar-refractivity contribution is -0.137. The number of carbonyl (C=O) groups excluding carboxylic acids is 1. The molecule has 1 aromatic rings. The van der Waals surface area contributed by atoms with E-state index in [4.69, 9.17) is 5.11 Å². The highest BCUT2D eigenvalue weighted by atomic mass is 19.1. The van der Waals surface area contributed by atoms with E-state index in [1.807, 2.05) is 0 Å². The number of hydrogen-bond donors (Lipinski definition) is 1. The number of carboxylic acids is 1. The summed E-state index contributed by atoms with van der Waals surface area (Å²) in [6.45, 7) is -0.424. The quantitative estimate of drug-likeness (QED) is 0.841. The van der Waals surface area contributed by atoms with Crippen molar-refractivity contribution in [3.63, 3.8) is 0 Å². The third-order valence-corrected chi connectivity index (χ3v) is 2.66. The SMILES string of the molecule is O=C(O)CN1CCc2c(F)ccc(F)c2C1=O. The molecule has 0 radical (unpaired) electrons. The molecule has 1 aliphatic heterocycles. The summed E-state index contributed by atoms with van der Waals surface area (Å²) in [6.07, 6.45) is 0.123. The maximum absolute atomic E-state index is 13.5. The van der Waals surface area contributed by atoms with E-state index >= 15 is 0 Å². The lowest BCUT2D eigenvalue weighted by Gasteiger charge is -2.27. The van der Waals surface area contributed by atoms with Gasteiger partial charge in [0, 0.05) is 12.1 Å². The van der Waals surface area contributed by atoms with Gasteiger partial charge in [0.05, 0.1) is 5.56 Å². The number of amides is 1. The summed E-state index contributed by atoms with van der Waals surface area (Å²) < 4.78 is 26.8. The molecule has 0 aliphatic carbocycles. The number of carbonyl (C=O) groups is 2. The first-order valence-electron chi connectivity index (χ1n) is 4.98. The van der Waals surface area contributed by atoms with Crippen LogP contribution in [0.25, 0.3) is 0 Å². The molecule has 0 saturated carbocycles. The Balaban J connectivity index is 2.41. The lowest BCUT2D eigenvalue weighted by Crippen LogP contribution is -2.41. The first-order chi connectivity index (χ1) is 8.00. The molecule has 90 valence electrons. The van der Waals surface area contributed by atoms with Gasteiger partial charge >= 0.3 is 5.97 Å². The summed E-state index contributed by atoms with van der Waals surface area (Å²) in [5, 5.41) is 8.59. The van der Waals surface area contributed by atoms with Crippen molar-refractivity contribution in [1.29, 1.82) is 0 Å². The van der Waals surface area contributed by atoms with Gasteiger partial charge in [-0.05, 0) is 18.6 Å². The van der Waals surface area contributed by atoms with Crippen molar-refractivity contribution in [2.45, 2.75) is 6.42 Å². The molecule has 0 fully saturated rings. The fourth-order valence-electron chi connectivity index (χ4n) is 1.89. The van der Waals surface area contributed by atoms with E-state index in [0.717, 1.165) is 17.0 Å². The van der Waals surface area contributed by atoms with Gasteiger partial charge in [0.1, 0.15) is 18.2 Å². The molecule has 2 rings (SSSR count). The maximum atomic E-state index is 13.5. The first-order valence-corrected chi connectivity index (χ1v) is 4.98. The Labute approximate surface area is 95.5 Å². The number of halogens is 2. The maximum Gasteiger partial charge on any atom is 0.323 e. The van der Waals surface area contributed by atoms with Crippen molar-refractivity contribution >= 4 is 11.9 Å². The van der Waals surface area contributed by atoms with Crippen molar-refractivity contribution in [3.05, 3.63) is 34.9 Å². The molecular formula is C11H9F2NO3. The minimum Gasteiger partial charge on any atom is -0.480 e. The molecule has 1 aliphatic rings. The van der Waals surface area contributed by atoms with Crippen molar-refractivity contribution in [3.8, 4) is 0 Å². The summed E-state index contributed by atoms with van der Waals surface area (Å²) in [5.74, 6) is -3.41. The summed E-state index contributed by atoms with van der Waals surface area (Å²) in [7, 11) is 0. The van der Waals surface area contributed by atoms with Crippen LogP contribution in [0.5, 0.6) is 0 Å². The van der Waals surface area contributed by atoms with Crippen LogP contribution in [0.4, 0.5) is 8.78 Å². The molecule has 0 bridgehead atoms. The van der Waals surface area contributed by atoms with E-state index < -0.39 is 30.1 Å². The number of carboxylic acid groups (broad SMARTS) is 1. The Morgan fingerprint density at radius 1 is 1.35 bits per heavy atom. The van der Waals surface area contributed by atoms with Crippen LogP contribution in [0.15, 0.2) is 12.1 Å². The predicted octanol–water partition coefficient (Wildman–Crippen LogP) is 1.05. The number of nitrogens with zero attached hydrogens (tertiary/aromatic N) is 1. The average Bonchev–Trinajstić information content (AvgIpc) is 2.26. The molecule has 4 nitrogen and oxygen atoms in total. The zero-order valence-electron chi connectivity index (χ0n) is 8.74. The minimum atomic E-state index is -1.18. The summed E-state index contributed by atoms with van der Waals surface area (Å²) in [6, 6.07) is 1.84. The third kappa shape index (κ3) is 1.98. The van der Waals surface area contributed by atoms with E-state index in [1.54, 1.807) is 0 Å². The van der Waals surface area contributed by atoms with Gasteiger partial charge in [-0.25, -0.2) is 8.78 Å². The van der Waals surface area contributed by atoms with Gasteiger partial charge in [-0.1, -0.05) is 0 Å². The van der Waals surface area contributed by atoms with E-state index in [2.05, 4.69) is 0 Å². The standard InChI is InChI=1S/C11H9F2NO3/c12-7-1-2-8(13)10-6(7)3-4-14(11(10)17)5-9(15)16/h1-2H,3-5H2,(H,15,16). The topological polar surface area (TPSA) is 57.6 Å². The molecule has 0 aromatic heterocycles. The molecular weight excluding hydrogens is 232 g/mol. The Hall–Kier alpha value is -1.98. The number of aliphatic carboxylic acids is 1. The molecule has 0 spiro atoms. The third-order valence-electron chi connectivity index (χ3n) is 2.66. The van der Waals surface area contributed by atoms with Crippen LogP contribution in [0.3, 0.4) is 0 Å². The summed E-state index contributed by atoms with van der Waals surface area (Å²) in [5.41, 5.74) is -0.325. The van der Waals surface area contributed by atoms with E-state index in [1.165, 1.54) is 0 Å². The molecule has 1 amide bonds. The molecule has 0 unspecified atom stereocenters. The van der Waals surface area contributed by atoms with Crippen LogP contribution < -0.4 is 0 Å². The second-order valence-electron chi connectivity index (χ2n) is 3.75. The Kier molecular flexibility index (Phi) is 2.79. The minimum absolute atomic E-state index is 0.0247. The van der Waals surface area contributed by atoms with Crippen molar-refractivity contribution in [1.82, 2.24) is 4.90 Å².